The van der Waals surface area contributed by atoms with Gasteiger partial charge in [-0.3, -0.25) is 4.79 Å². The molecule has 1 N–H and O–H groups in total. The molecule has 1 amide bonds. The Morgan fingerprint density at radius 3 is 2.55 bits per heavy atom. The first-order valence-electron chi connectivity index (χ1n) is 9.69. The highest BCUT2D eigenvalue weighted by atomic mass is 32.2. The van der Waals surface area contributed by atoms with Crippen molar-refractivity contribution >= 4 is 27.5 Å². The second-order valence-electron chi connectivity index (χ2n) is 7.18. The molecule has 0 radical (unpaired) electrons. The summed E-state index contributed by atoms with van der Waals surface area (Å²) in [5.74, 6) is 0.898. The van der Waals surface area contributed by atoms with Gasteiger partial charge in [-0.05, 0) is 49.7 Å². The molecular formula is C21H21N5O4S. The Hall–Kier alpha value is -3.53. The Balaban J connectivity index is 1.53. The average Bonchev–Trinajstić information content (AvgIpc) is 3.36. The number of rotatable bonds is 5. The number of carbonyl (C=O) groups is 1. The minimum Gasteiger partial charge on any atom is -0.362 e. The number of nitrogens with zero attached hydrogens (tertiary/aromatic N) is 4. The van der Waals surface area contributed by atoms with Crippen LogP contribution in [0, 0.1) is 6.92 Å². The van der Waals surface area contributed by atoms with E-state index in [2.05, 4.69) is 19.9 Å². The minimum absolute atomic E-state index is 0.0695. The van der Waals surface area contributed by atoms with E-state index in [0.717, 1.165) is 13.0 Å². The molecule has 0 bridgehead atoms. The quantitative estimate of drug-likeness (QED) is 0.649. The highest BCUT2D eigenvalue weighted by Crippen LogP contribution is 2.24. The van der Waals surface area contributed by atoms with Crippen LogP contribution in [0.5, 0.6) is 0 Å². The molecule has 0 unspecified atom stereocenters. The van der Waals surface area contributed by atoms with Crippen molar-refractivity contribution in [1.29, 1.82) is 0 Å². The lowest BCUT2D eigenvalue weighted by atomic mass is 10.1. The molecule has 2 aromatic carbocycles. The van der Waals surface area contributed by atoms with Gasteiger partial charge in [0.1, 0.15) is 5.84 Å². The zero-order valence-electron chi connectivity index (χ0n) is 17.1. The van der Waals surface area contributed by atoms with Gasteiger partial charge in [-0.15, -0.1) is 4.40 Å². The molecule has 1 aliphatic rings. The van der Waals surface area contributed by atoms with Crippen molar-refractivity contribution in [3.63, 3.8) is 0 Å². The van der Waals surface area contributed by atoms with Gasteiger partial charge < -0.3 is 14.7 Å². The fraction of sp³-hybridized carbons (Fsp3) is 0.238. The molecule has 3 aromatic rings. The second-order valence-corrected chi connectivity index (χ2v) is 8.78. The molecule has 1 aliphatic heterocycles. The highest BCUT2D eigenvalue weighted by molar-refractivity contribution is 7.90. The molecule has 1 aromatic heterocycles. The van der Waals surface area contributed by atoms with Crippen molar-refractivity contribution in [3.05, 3.63) is 59.9 Å². The summed E-state index contributed by atoms with van der Waals surface area (Å²) in [7, 11) is -1.98. The number of sulfonamides is 1. The van der Waals surface area contributed by atoms with Gasteiger partial charge in [-0.1, -0.05) is 17.3 Å². The maximum absolute atomic E-state index is 12.8. The number of hydrogen-bond acceptors (Lipinski definition) is 6. The number of likely N-dealkylation sites (tertiary alicyclic amines) is 1. The largest absolute Gasteiger partial charge is 0.362 e. The summed E-state index contributed by atoms with van der Waals surface area (Å²) in [6, 6.07) is 12.8. The molecule has 0 saturated carbocycles. The lowest BCUT2D eigenvalue weighted by Gasteiger charge is -2.11. The highest BCUT2D eigenvalue weighted by Gasteiger charge is 2.21. The van der Waals surface area contributed by atoms with E-state index in [9.17, 15) is 13.2 Å². The van der Waals surface area contributed by atoms with Crippen molar-refractivity contribution < 1.29 is 17.7 Å². The van der Waals surface area contributed by atoms with Crippen molar-refractivity contribution in [2.24, 2.45) is 4.40 Å². The van der Waals surface area contributed by atoms with E-state index in [0.29, 0.717) is 34.9 Å². The van der Waals surface area contributed by atoms with Gasteiger partial charge in [0.15, 0.2) is 5.82 Å². The number of anilines is 1. The van der Waals surface area contributed by atoms with Crippen LogP contribution in [0.3, 0.4) is 0 Å². The molecule has 2 heterocycles. The lowest BCUT2D eigenvalue weighted by molar-refractivity contribution is 0.102. The first-order chi connectivity index (χ1) is 14.8. The van der Waals surface area contributed by atoms with Gasteiger partial charge in [0, 0.05) is 25.7 Å². The molecular weight excluding hydrogens is 418 g/mol. The van der Waals surface area contributed by atoms with E-state index in [1.54, 1.807) is 31.2 Å². The third-order valence-corrected chi connectivity index (χ3v) is 6.22. The molecule has 9 nitrogen and oxygen atoms in total. The molecule has 160 valence electrons. The van der Waals surface area contributed by atoms with Gasteiger partial charge in [0.2, 0.25) is 0 Å². The SMILES string of the molecule is Cc1noc(-c2ccccc2C(=O)Nc2ccc(S(=O)(=O)/N=C3/CCCN3C)cc2)n1. The predicted octanol–water partition coefficient (Wildman–Crippen LogP) is 3.11. The Morgan fingerprint density at radius 1 is 1.16 bits per heavy atom. The summed E-state index contributed by atoms with van der Waals surface area (Å²) in [6.07, 6.45) is 1.53. The smallest absolute Gasteiger partial charge is 0.283 e. The van der Waals surface area contributed by atoms with Crippen molar-refractivity contribution in [1.82, 2.24) is 15.0 Å². The average molecular weight is 439 g/mol. The number of aryl methyl sites for hydroxylation is 1. The lowest BCUT2D eigenvalue weighted by Crippen LogP contribution is -2.20. The Kier molecular flexibility index (Phi) is 5.55. The van der Waals surface area contributed by atoms with Crippen LogP contribution in [0.15, 0.2) is 62.3 Å². The van der Waals surface area contributed by atoms with Crippen molar-refractivity contribution in [2.45, 2.75) is 24.7 Å². The first-order valence-corrected chi connectivity index (χ1v) is 11.1. The topological polar surface area (TPSA) is 118 Å². The van der Waals surface area contributed by atoms with E-state index in [1.807, 2.05) is 11.9 Å². The van der Waals surface area contributed by atoms with Crippen LogP contribution in [0.1, 0.15) is 29.0 Å². The van der Waals surface area contributed by atoms with E-state index >= 15 is 0 Å². The molecule has 1 saturated heterocycles. The van der Waals surface area contributed by atoms with Gasteiger partial charge in [0.25, 0.3) is 21.8 Å². The Morgan fingerprint density at radius 2 is 1.90 bits per heavy atom. The van der Waals surface area contributed by atoms with Gasteiger partial charge in [0.05, 0.1) is 16.0 Å². The van der Waals surface area contributed by atoms with E-state index in [4.69, 9.17) is 4.52 Å². The van der Waals surface area contributed by atoms with Crippen molar-refractivity contribution in [3.8, 4) is 11.5 Å². The fourth-order valence-electron chi connectivity index (χ4n) is 3.28. The minimum atomic E-state index is -3.81. The number of benzene rings is 2. The molecule has 0 atom stereocenters. The summed E-state index contributed by atoms with van der Waals surface area (Å²) in [4.78, 5) is 18.9. The van der Waals surface area contributed by atoms with Crippen LogP contribution in [0.2, 0.25) is 0 Å². The molecule has 10 heteroatoms. The van der Waals surface area contributed by atoms with Crippen LogP contribution >= 0.6 is 0 Å². The number of amidine groups is 1. The van der Waals surface area contributed by atoms with Crippen molar-refractivity contribution in [2.75, 3.05) is 18.9 Å². The van der Waals surface area contributed by atoms with Crippen LogP contribution < -0.4 is 5.32 Å². The number of hydrogen-bond donors (Lipinski definition) is 1. The molecule has 0 aliphatic carbocycles. The van der Waals surface area contributed by atoms with E-state index in [1.165, 1.54) is 24.3 Å². The van der Waals surface area contributed by atoms with Gasteiger partial charge in [-0.25, -0.2) is 0 Å². The first kappa shape index (κ1) is 20.7. The van der Waals surface area contributed by atoms with Crippen LogP contribution in [-0.4, -0.2) is 48.8 Å². The number of amides is 1. The fourth-order valence-corrected chi connectivity index (χ4v) is 4.38. The monoisotopic (exact) mass is 439 g/mol. The van der Waals surface area contributed by atoms with Gasteiger partial charge in [-0.2, -0.15) is 13.4 Å². The van der Waals surface area contributed by atoms with E-state index < -0.39 is 10.0 Å². The summed E-state index contributed by atoms with van der Waals surface area (Å²) in [6.45, 7) is 2.49. The zero-order chi connectivity index (χ0) is 22.0. The maximum atomic E-state index is 12.8. The van der Waals surface area contributed by atoms with E-state index in [-0.39, 0.29) is 16.7 Å². The molecule has 31 heavy (non-hydrogen) atoms. The zero-order valence-corrected chi connectivity index (χ0v) is 17.9. The normalized spacial score (nSPS) is 15.4. The molecule has 0 spiro atoms. The molecule has 4 rings (SSSR count). The summed E-state index contributed by atoms with van der Waals surface area (Å²) >= 11 is 0. The maximum Gasteiger partial charge on any atom is 0.283 e. The van der Waals surface area contributed by atoms with Gasteiger partial charge >= 0.3 is 0 Å². The summed E-state index contributed by atoms with van der Waals surface area (Å²) in [5, 5.41) is 6.53. The summed E-state index contributed by atoms with van der Waals surface area (Å²) < 4.78 is 34.3. The van der Waals surface area contributed by atoms with Crippen LogP contribution in [0.25, 0.3) is 11.5 Å². The third-order valence-electron chi connectivity index (χ3n) is 4.90. The third kappa shape index (κ3) is 4.48. The number of carbonyl (C=O) groups excluding carboxylic acids is 1. The van der Waals surface area contributed by atoms with Crippen LogP contribution in [0.4, 0.5) is 5.69 Å². The Labute approximate surface area is 179 Å². The number of nitrogens with one attached hydrogen (secondary N) is 1. The molecule has 1 fully saturated rings. The predicted molar refractivity (Wildman–Crippen MR) is 115 cm³/mol. The standard InChI is InChI=1S/C21H21N5O4S/c1-14-22-21(30-24-14)18-7-4-3-6-17(18)20(27)23-15-9-11-16(12-10-15)31(28,29)25-19-8-5-13-26(19)2/h3-4,6-7,9-12H,5,8,13H2,1-2H3,(H,23,27)/b25-19-. The summed E-state index contributed by atoms with van der Waals surface area (Å²) in [5.41, 5.74) is 1.32. The number of aromatic nitrogens is 2. The Bertz CT molecular complexity index is 1250. The second kappa shape index (κ2) is 8.31. The van der Waals surface area contributed by atoms with Crippen LogP contribution in [-0.2, 0) is 10.0 Å².